The Balaban J connectivity index is 1.79. The quantitative estimate of drug-likeness (QED) is 0.631. The first-order valence-corrected chi connectivity index (χ1v) is 6.72. The molecule has 96 valence electrons. The molecule has 0 N–H and O–H groups in total. The van der Waals surface area contributed by atoms with Crippen LogP contribution in [0.4, 0.5) is 0 Å². The topological polar surface area (TPSA) is 35.5 Å². The van der Waals surface area contributed by atoms with Crippen LogP contribution in [-0.2, 0) is 0 Å². The first-order valence-electron chi connectivity index (χ1n) is 5.91. The number of ketones is 1. The van der Waals surface area contributed by atoms with Gasteiger partial charge in [0.05, 0.1) is 0 Å². The van der Waals surface area contributed by atoms with Gasteiger partial charge in [-0.1, -0.05) is 0 Å². The van der Waals surface area contributed by atoms with Crippen molar-refractivity contribution in [3.8, 4) is 11.5 Å². The molecule has 0 amide bonds. The number of ether oxygens (including phenoxy) is 2. The summed E-state index contributed by atoms with van der Waals surface area (Å²) in [5.74, 6) is 1.28. The molecule has 4 heteroatoms. The highest BCUT2D eigenvalue weighted by Gasteiger charge is 2.14. The van der Waals surface area contributed by atoms with Gasteiger partial charge >= 0.3 is 0 Å². The van der Waals surface area contributed by atoms with Crippen LogP contribution < -0.4 is 9.47 Å². The van der Waals surface area contributed by atoms with Crippen LogP contribution in [-0.4, -0.2) is 12.6 Å². The number of thiophene rings is 1. The molecule has 2 heterocycles. The van der Waals surface area contributed by atoms with Crippen molar-refractivity contribution < 1.29 is 14.3 Å². The lowest BCUT2D eigenvalue weighted by molar-refractivity contribution is 0.104. The molecule has 0 aliphatic carbocycles. The maximum absolute atomic E-state index is 12.0. The van der Waals surface area contributed by atoms with Gasteiger partial charge in [-0.2, -0.15) is 0 Å². The molecule has 0 saturated heterocycles. The fraction of sp³-hybridized carbons (Fsp3) is 0.133. The van der Waals surface area contributed by atoms with Crippen molar-refractivity contribution in [3.05, 3.63) is 51.7 Å². The number of allylic oxidation sites excluding steroid dienone is 1. The minimum Gasteiger partial charge on any atom is -0.454 e. The highest BCUT2D eigenvalue weighted by molar-refractivity contribution is 7.12. The molecule has 0 fully saturated rings. The van der Waals surface area contributed by atoms with E-state index in [1.807, 2.05) is 25.1 Å². The first kappa shape index (κ1) is 12.0. The monoisotopic (exact) mass is 272 g/mol. The molecule has 0 unspecified atom stereocenters. The molecule has 0 spiro atoms. The van der Waals surface area contributed by atoms with E-state index in [0.717, 1.165) is 4.88 Å². The number of aryl methyl sites for hydroxylation is 1. The number of hydrogen-bond acceptors (Lipinski definition) is 4. The van der Waals surface area contributed by atoms with Crippen molar-refractivity contribution in [1.82, 2.24) is 0 Å². The normalized spacial score (nSPS) is 13.1. The van der Waals surface area contributed by atoms with Crippen molar-refractivity contribution in [2.75, 3.05) is 6.79 Å². The molecule has 0 atom stereocenters. The smallest absolute Gasteiger partial charge is 0.231 e. The van der Waals surface area contributed by atoms with Crippen molar-refractivity contribution in [3.63, 3.8) is 0 Å². The fourth-order valence-corrected chi connectivity index (χ4v) is 2.63. The second kappa shape index (κ2) is 4.90. The molecule has 0 radical (unpaired) electrons. The van der Waals surface area contributed by atoms with Gasteiger partial charge in [0.2, 0.25) is 6.79 Å². The molecule has 0 saturated carbocycles. The van der Waals surface area contributed by atoms with Gasteiger partial charge in [0, 0.05) is 15.3 Å². The van der Waals surface area contributed by atoms with Crippen molar-refractivity contribution >= 4 is 23.2 Å². The zero-order valence-corrected chi connectivity index (χ0v) is 11.2. The molecule has 1 aromatic carbocycles. The van der Waals surface area contributed by atoms with Crippen LogP contribution in [0.1, 0.15) is 20.1 Å². The predicted octanol–water partition coefficient (Wildman–Crippen LogP) is 3.68. The highest BCUT2D eigenvalue weighted by atomic mass is 32.1. The summed E-state index contributed by atoms with van der Waals surface area (Å²) < 4.78 is 10.5. The van der Waals surface area contributed by atoms with Crippen molar-refractivity contribution in [1.29, 1.82) is 0 Å². The predicted molar refractivity (Wildman–Crippen MR) is 75.0 cm³/mol. The molecular weight excluding hydrogens is 260 g/mol. The summed E-state index contributed by atoms with van der Waals surface area (Å²) in [6.07, 6.45) is 3.42. The fourth-order valence-electron chi connectivity index (χ4n) is 1.85. The molecule has 19 heavy (non-hydrogen) atoms. The zero-order chi connectivity index (χ0) is 13.2. The van der Waals surface area contributed by atoms with Crippen LogP contribution >= 0.6 is 11.3 Å². The van der Waals surface area contributed by atoms with Crippen molar-refractivity contribution in [2.45, 2.75) is 6.92 Å². The van der Waals surface area contributed by atoms with E-state index in [2.05, 4.69) is 0 Å². The summed E-state index contributed by atoms with van der Waals surface area (Å²) in [7, 11) is 0. The number of rotatable bonds is 3. The van der Waals surface area contributed by atoms with Gasteiger partial charge in [0.25, 0.3) is 0 Å². The summed E-state index contributed by atoms with van der Waals surface area (Å²) in [5, 5.41) is 0. The average Bonchev–Trinajstić information content (AvgIpc) is 3.03. The number of carbonyl (C=O) groups excluding carboxylic acids is 1. The van der Waals surface area contributed by atoms with E-state index in [0.29, 0.717) is 17.1 Å². The lowest BCUT2D eigenvalue weighted by atomic mass is 10.1. The van der Waals surface area contributed by atoms with Crippen LogP contribution in [0.2, 0.25) is 0 Å². The first-order chi connectivity index (χ1) is 9.22. The molecule has 0 bridgehead atoms. The maximum Gasteiger partial charge on any atom is 0.231 e. The van der Waals surface area contributed by atoms with Crippen LogP contribution in [0.25, 0.3) is 6.08 Å². The number of hydrogen-bond donors (Lipinski definition) is 0. The van der Waals surface area contributed by atoms with Crippen molar-refractivity contribution in [2.24, 2.45) is 0 Å². The third-order valence-corrected chi connectivity index (χ3v) is 3.78. The molecule has 3 nitrogen and oxygen atoms in total. The second-order valence-electron chi connectivity index (χ2n) is 4.21. The molecule has 1 aliphatic heterocycles. The molecule has 2 aromatic rings. The summed E-state index contributed by atoms with van der Waals surface area (Å²) in [6, 6.07) is 9.27. The van der Waals surface area contributed by atoms with E-state index >= 15 is 0 Å². The average molecular weight is 272 g/mol. The van der Waals surface area contributed by atoms with Crippen LogP contribution in [0.5, 0.6) is 11.5 Å². The van der Waals surface area contributed by atoms with E-state index in [1.54, 1.807) is 35.6 Å². The van der Waals surface area contributed by atoms with Gasteiger partial charge in [-0.05, 0) is 49.4 Å². The van der Waals surface area contributed by atoms with E-state index in [4.69, 9.17) is 9.47 Å². The molecule has 1 aliphatic rings. The Morgan fingerprint density at radius 2 is 2.05 bits per heavy atom. The van der Waals surface area contributed by atoms with Crippen LogP contribution in [0.3, 0.4) is 0 Å². The SMILES string of the molecule is Cc1ccc(/C=C/C(=O)c2ccc3c(c2)OCO3)s1. The van der Waals surface area contributed by atoms with Gasteiger partial charge < -0.3 is 9.47 Å². The van der Waals surface area contributed by atoms with Gasteiger partial charge in [0.15, 0.2) is 17.3 Å². The van der Waals surface area contributed by atoms with E-state index in [-0.39, 0.29) is 12.6 Å². The summed E-state index contributed by atoms with van der Waals surface area (Å²) in [4.78, 5) is 14.4. The lowest BCUT2D eigenvalue weighted by Gasteiger charge is -1.98. The Bertz CT molecular complexity index is 655. The number of benzene rings is 1. The minimum atomic E-state index is -0.0376. The Morgan fingerprint density at radius 3 is 2.84 bits per heavy atom. The molecule has 3 rings (SSSR count). The Labute approximate surface area is 115 Å². The van der Waals surface area contributed by atoms with Gasteiger partial charge in [-0.3, -0.25) is 4.79 Å². The Kier molecular flexibility index (Phi) is 3.09. The van der Waals surface area contributed by atoms with Gasteiger partial charge in [0.1, 0.15) is 0 Å². The standard InChI is InChI=1S/C15H12O3S/c1-10-2-4-12(19-10)5-6-13(16)11-3-7-14-15(8-11)18-9-17-14/h2-8H,9H2,1H3/b6-5+. The second-order valence-corrected chi connectivity index (χ2v) is 5.53. The minimum absolute atomic E-state index is 0.0376. The lowest BCUT2D eigenvalue weighted by Crippen LogP contribution is -1.94. The summed E-state index contributed by atoms with van der Waals surface area (Å²) >= 11 is 1.66. The summed E-state index contributed by atoms with van der Waals surface area (Å²) in [6.45, 7) is 2.26. The van der Waals surface area contributed by atoms with Gasteiger partial charge in [-0.15, -0.1) is 11.3 Å². The van der Waals surface area contributed by atoms with E-state index in [9.17, 15) is 4.79 Å². The highest BCUT2D eigenvalue weighted by Crippen LogP contribution is 2.32. The van der Waals surface area contributed by atoms with Crippen LogP contribution in [0.15, 0.2) is 36.4 Å². The number of fused-ring (bicyclic) bond motifs is 1. The molecular formula is C15H12O3S. The van der Waals surface area contributed by atoms with Gasteiger partial charge in [-0.25, -0.2) is 0 Å². The Morgan fingerprint density at radius 1 is 1.21 bits per heavy atom. The molecule has 1 aromatic heterocycles. The largest absolute Gasteiger partial charge is 0.454 e. The van der Waals surface area contributed by atoms with E-state index < -0.39 is 0 Å². The third-order valence-electron chi connectivity index (χ3n) is 2.82. The third kappa shape index (κ3) is 2.53. The summed E-state index contributed by atoms with van der Waals surface area (Å²) in [5.41, 5.74) is 0.605. The maximum atomic E-state index is 12.0. The zero-order valence-electron chi connectivity index (χ0n) is 10.4. The van der Waals surface area contributed by atoms with E-state index in [1.165, 1.54) is 4.88 Å². The number of carbonyl (C=O) groups is 1. The van der Waals surface area contributed by atoms with Crippen LogP contribution in [0, 0.1) is 6.92 Å². The Hall–Kier alpha value is -2.07.